The minimum Gasteiger partial charge on any atom is -0.463 e. The van der Waals surface area contributed by atoms with Crippen molar-refractivity contribution in [2.75, 3.05) is 59.2 Å². The number of nitrogens with one attached hydrogen (secondary N) is 1. The fourth-order valence-electron chi connectivity index (χ4n) is 7.94. The van der Waals surface area contributed by atoms with Crippen molar-refractivity contribution in [3.8, 4) is 11.3 Å². The second kappa shape index (κ2) is 21.8. The SMILES string of the molecule is C[C@@H](COC(=O)CCCOCCN1C(=O)C=CC1=O)NC(=O)N(C[C@@H]1CN(C(=O)OC(C)(C)C)C[C@@H]1F)[C@@H](c1nc(-c2cc(F)ccc2F)cn1Cc1ccccc1)C1CCOCC1. The predicted octanol–water partition coefficient (Wildman–Crippen LogP) is 6.21. The number of rotatable bonds is 18. The number of hydrogen-bond acceptors (Lipinski definition) is 10. The molecule has 346 valence electrons. The molecule has 4 atom stereocenters. The highest BCUT2D eigenvalue weighted by Gasteiger charge is 2.43. The fourth-order valence-corrected chi connectivity index (χ4v) is 7.94. The Morgan fingerprint density at radius 3 is 2.42 bits per heavy atom. The first-order valence-electron chi connectivity index (χ1n) is 21.7. The Balaban J connectivity index is 1.24. The lowest BCUT2D eigenvalue weighted by atomic mass is 9.89. The van der Waals surface area contributed by atoms with E-state index in [1.165, 1.54) is 22.0 Å². The van der Waals surface area contributed by atoms with Gasteiger partial charge in [-0.25, -0.2) is 27.7 Å². The summed E-state index contributed by atoms with van der Waals surface area (Å²) in [5.41, 5.74) is 0.119. The van der Waals surface area contributed by atoms with Crippen LogP contribution in [0.3, 0.4) is 0 Å². The van der Waals surface area contributed by atoms with Crippen LogP contribution in [0.1, 0.15) is 70.8 Å². The average molecular weight is 895 g/mol. The third-order valence-electron chi connectivity index (χ3n) is 11.1. The number of imide groups is 1. The maximum absolute atomic E-state index is 16.2. The Morgan fingerprint density at radius 2 is 1.72 bits per heavy atom. The highest BCUT2D eigenvalue weighted by molar-refractivity contribution is 6.12. The first kappa shape index (κ1) is 47.7. The van der Waals surface area contributed by atoms with Crippen molar-refractivity contribution in [1.29, 1.82) is 0 Å². The Bertz CT molecular complexity index is 2120. The zero-order chi connectivity index (χ0) is 46.0. The van der Waals surface area contributed by atoms with Crippen molar-refractivity contribution in [3.63, 3.8) is 0 Å². The molecule has 1 N–H and O–H groups in total. The van der Waals surface area contributed by atoms with Gasteiger partial charge in [-0.2, -0.15) is 0 Å². The highest BCUT2D eigenvalue weighted by atomic mass is 19.1. The van der Waals surface area contributed by atoms with Crippen molar-refractivity contribution in [3.05, 3.63) is 89.9 Å². The maximum atomic E-state index is 16.2. The summed E-state index contributed by atoms with van der Waals surface area (Å²) in [7, 11) is 0. The number of urea groups is 1. The van der Waals surface area contributed by atoms with Gasteiger partial charge in [0.25, 0.3) is 11.8 Å². The van der Waals surface area contributed by atoms with E-state index in [-0.39, 0.29) is 76.1 Å². The van der Waals surface area contributed by atoms with Crippen molar-refractivity contribution in [2.45, 2.75) is 83.8 Å². The first-order valence-corrected chi connectivity index (χ1v) is 21.7. The van der Waals surface area contributed by atoms with Crippen LogP contribution in [0.25, 0.3) is 11.3 Å². The highest BCUT2D eigenvalue weighted by Crippen LogP contribution is 2.39. The van der Waals surface area contributed by atoms with Gasteiger partial charge in [0.2, 0.25) is 0 Å². The number of imidazole rings is 1. The van der Waals surface area contributed by atoms with Crippen LogP contribution in [-0.2, 0) is 39.9 Å². The van der Waals surface area contributed by atoms with E-state index in [0.717, 1.165) is 28.7 Å². The van der Waals surface area contributed by atoms with E-state index < -0.39 is 71.3 Å². The maximum Gasteiger partial charge on any atom is 0.410 e. The van der Waals surface area contributed by atoms with Gasteiger partial charge in [0.05, 0.1) is 37.5 Å². The number of carbonyl (C=O) groups is 5. The zero-order valence-corrected chi connectivity index (χ0v) is 36.7. The number of esters is 1. The minimum atomic E-state index is -1.52. The number of nitrogens with zero attached hydrogens (tertiary/aromatic N) is 5. The molecule has 4 heterocycles. The molecule has 15 nitrogen and oxygen atoms in total. The number of halogens is 3. The lowest BCUT2D eigenvalue weighted by Gasteiger charge is -2.40. The summed E-state index contributed by atoms with van der Waals surface area (Å²) in [4.78, 5) is 72.9. The molecule has 0 radical (unpaired) electrons. The molecule has 2 saturated heterocycles. The summed E-state index contributed by atoms with van der Waals surface area (Å²) >= 11 is 0. The zero-order valence-electron chi connectivity index (χ0n) is 36.7. The molecule has 0 bridgehead atoms. The second-order valence-corrected chi connectivity index (χ2v) is 17.3. The summed E-state index contributed by atoms with van der Waals surface area (Å²) in [5.74, 6) is -3.47. The van der Waals surface area contributed by atoms with Gasteiger partial charge in [0.1, 0.15) is 35.8 Å². The van der Waals surface area contributed by atoms with Gasteiger partial charge in [-0.15, -0.1) is 0 Å². The van der Waals surface area contributed by atoms with E-state index in [1.807, 2.05) is 34.9 Å². The van der Waals surface area contributed by atoms with Crippen LogP contribution in [0.2, 0.25) is 0 Å². The average Bonchev–Trinajstić information content (AvgIpc) is 3.94. The number of alkyl halides is 1. The van der Waals surface area contributed by atoms with E-state index in [1.54, 1.807) is 33.9 Å². The third kappa shape index (κ3) is 12.9. The van der Waals surface area contributed by atoms with E-state index >= 15 is 8.78 Å². The molecule has 2 fully saturated rings. The quantitative estimate of drug-likeness (QED) is 0.0883. The van der Waals surface area contributed by atoms with E-state index in [9.17, 15) is 28.4 Å². The fraction of sp³-hybridized carbons (Fsp3) is 0.522. The molecular weight excluding hydrogens is 838 g/mol. The predicted molar refractivity (Wildman–Crippen MR) is 227 cm³/mol. The van der Waals surface area contributed by atoms with Gasteiger partial charge in [-0.05, 0) is 76.6 Å². The Morgan fingerprint density at radius 1 is 1.00 bits per heavy atom. The summed E-state index contributed by atoms with van der Waals surface area (Å²) < 4.78 is 70.3. The molecule has 2 aromatic carbocycles. The van der Waals surface area contributed by atoms with Gasteiger partial charge >= 0.3 is 18.1 Å². The number of hydrogen-bond donors (Lipinski definition) is 1. The summed E-state index contributed by atoms with van der Waals surface area (Å²) in [6, 6.07) is 10.4. The summed E-state index contributed by atoms with van der Waals surface area (Å²) in [5, 5.41) is 2.94. The Kier molecular flexibility index (Phi) is 16.2. The molecule has 18 heteroatoms. The van der Waals surface area contributed by atoms with Crippen LogP contribution < -0.4 is 5.32 Å². The number of aromatic nitrogens is 2. The molecule has 1 aromatic heterocycles. The van der Waals surface area contributed by atoms with Crippen LogP contribution >= 0.6 is 0 Å². The van der Waals surface area contributed by atoms with Crippen LogP contribution in [0.15, 0.2) is 66.9 Å². The lowest BCUT2D eigenvalue weighted by molar-refractivity contribution is -0.144. The van der Waals surface area contributed by atoms with Crippen LogP contribution in [0, 0.1) is 23.5 Å². The lowest BCUT2D eigenvalue weighted by Crippen LogP contribution is -2.52. The molecular formula is C46H57F3N6O9. The molecule has 3 aliphatic rings. The third-order valence-corrected chi connectivity index (χ3v) is 11.1. The summed E-state index contributed by atoms with van der Waals surface area (Å²) in [6.45, 7) is 7.55. The van der Waals surface area contributed by atoms with Gasteiger partial charge in [0.15, 0.2) is 0 Å². The van der Waals surface area contributed by atoms with Crippen molar-refractivity contribution in [2.24, 2.45) is 11.8 Å². The monoisotopic (exact) mass is 894 g/mol. The Labute approximate surface area is 370 Å². The van der Waals surface area contributed by atoms with E-state index in [2.05, 4.69) is 5.32 Å². The number of benzene rings is 2. The van der Waals surface area contributed by atoms with Gasteiger partial charge < -0.3 is 38.6 Å². The van der Waals surface area contributed by atoms with Crippen molar-refractivity contribution in [1.82, 2.24) is 29.6 Å². The molecule has 64 heavy (non-hydrogen) atoms. The molecule has 3 aliphatic heterocycles. The topological polar surface area (TPSA) is 162 Å². The minimum absolute atomic E-state index is 0.00772. The second-order valence-electron chi connectivity index (χ2n) is 17.3. The first-order chi connectivity index (χ1) is 30.6. The van der Waals surface area contributed by atoms with Gasteiger partial charge in [0, 0.05) is 75.7 Å². The van der Waals surface area contributed by atoms with E-state index in [4.69, 9.17) is 23.9 Å². The molecule has 3 aromatic rings. The molecule has 0 unspecified atom stereocenters. The molecule has 5 amide bonds. The Hall–Kier alpha value is -5.75. The van der Waals surface area contributed by atoms with Crippen molar-refractivity contribution < 1.29 is 56.1 Å². The molecule has 0 saturated carbocycles. The number of carbonyl (C=O) groups excluding carboxylic acids is 5. The molecule has 0 aliphatic carbocycles. The summed E-state index contributed by atoms with van der Waals surface area (Å²) in [6.07, 6.45) is 3.11. The number of amides is 5. The van der Waals surface area contributed by atoms with Crippen molar-refractivity contribution >= 4 is 29.9 Å². The van der Waals surface area contributed by atoms with Crippen LogP contribution in [-0.4, -0.2) is 131 Å². The normalized spacial score (nSPS) is 18.9. The van der Waals surface area contributed by atoms with Gasteiger partial charge in [-0.3, -0.25) is 19.3 Å². The molecule has 6 rings (SSSR count). The standard InChI is InChI=1S/C46H57F3N6O9/c1-30(29-63-41(58)11-8-19-61-22-18-54-39(56)14-15-40(54)57)50-44(59)55(26-33-25-53(27-37(33)49)45(60)64-46(2,3)4)42(32-16-20-62-21-17-32)43-51-38(35-23-34(47)12-13-36(35)48)28-52(43)24-31-9-6-5-7-10-31/h5-7,9-10,12-15,23,28,30,32-33,37,42H,8,11,16-22,24-27,29H2,1-4H3,(H,50,59)/t30-,33-,37-,42+/m0/s1. The van der Waals surface area contributed by atoms with Crippen LogP contribution in [0.4, 0.5) is 22.8 Å². The smallest absolute Gasteiger partial charge is 0.410 e. The largest absolute Gasteiger partial charge is 0.463 e. The van der Waals surface area contributed by atoms with Gasteiger partial charge in [-0.1, -0.05) is 30.3 Å². The van der Waals surface area contributed by atoms with Crippen LogP contribution in [0.5, 0.6) is 0 Å². The number of likely N-dealkylation sites (tertiary alicyclic amines) is 1. The number of ether oxygens (including phenoxy) is 4. The molecule has 0 spiro atoms. The van der Waals surface area contributed by atoms with E-state index in [0.29, 0.717) is 38.3 Å².